The zero-order valence-electron chi connectivity index (χ0n) is 20.1. The van der Waals surface area contributed by atoms with Gasteiger partial charge in [-0.1, -0.05) is 18.2 Å². The summed E-state index contributed by atoms with van der Waals surface area (Å²) < 4.78 is 51.4. The Morgan fingerprint density at radius 2 is 1.94 bits per heavy atom. The number of hydrogen-bond acceptors (Lipinski definition) is 9. The molecule has 1 fully saturated rings. The SMILES string of the molecule is CC(C)OC(=O)[C@H](C)N[P@@](=O)(OC[C@H]1O[C@@H](n2ccc(=O)[nH]c2=O)[C@](C)(F)[C@@H]1O)Oc1ccccc1. The fourth-order valence-corrected chi connectivity index (χ4v) is 4.97. The smallest absolute Gasteiger partial charge is 0.459 e. The highest BCUT2D eigenvalue weighted by Gasteiger charge is 2.55. The van der Waals surface area contributed by atoms with Crippen LogP contribution in [-0.2, 0) is 23.4 Å². The number of ether oxygens (including phenoxy) is 2. The fraction of sp³-hybridized carbons (Fsp3) is 0.500. The molecule has 3 N–H and O–H groups in total. The van der Waals surface area contributed by atoms with Gasteiger partial charge in [0.25, 0.3) is 5.56 Å². The van der Waals surface area contributed by atoms with Crippen molar-refractivity contribution < 1.29 is 37.4 Å². The lowest BCUT2D eigenvalue weighted by molar-refractivity contribution is -0.149. The molecule has 1 aliphatic heterocycles. The van der Waals surface area contributed by atoms with E-state index >= 15 is 4.39 Å². The van der Waals surface area contributed by atoms with Gasteiger partial charge < -0.3 is 19.1 Å². The number of aliphatic hydroxyl groups excluding tert-OH is 1. The van der Waals surface area contributed by atoms with E-state index in [1.54, 1.807) is 32.0 Å². The minimum absolute atomic E-state index is 0.152. The van der Waals surface area contributed by atoms with Gasteiger partial charge in [-0.2, -0.15) is 5.09 Å². The number of nitrogens with one attached hydrogen (secondary N) is 2. The van der Waals surface area contributed by atoms with Crippen LogP contribution < -0.4 is 20.9 Å². The number of carbonyl (C=O) groups is 1. The van der Waals surface area contributed by atoms with Crippen molar-refractivity contribution in [2.75, 3.05) is 6.61 Å². The maximum Gasteiger partial charge on any atom is 0.459 e. The van der Waals surface area contributed by atoms with Crippen LogP contribution in [0.15, 0.2) is 52.2 Å². The van der Waals surface area contributed by atoms with E-state index in [0.29, 0.717) is 0 Å². The second kappa shape index (κ2) is 11.1. The number of para-hydroxylation sites is 1. The van der Waals surface area contributed by atoms with Gasteiger partial charge in [0.1, 0.15) is 24.0 Å². The van der Waals surface area contributed by atoms with Gasteiger partial charge in [-0.05, 0) is 39.8 Å². The van der Waals surface area contributed by atoms with Crippen molar-refractivity contribution in [2.45, 2.75) is 63.9 Å². The second-order valence-electron chi connectivity index (χ2n) is 8.67. The van der Waals surface area contributed by atoms with Crippen LogP contribution in [0, 0.1) is 0 Å². The van der Waals surface area contributed by atoms with Gasteiger partial charge in [-0.3, -0.25) is 23.7 Å². The van der Waals surface area contributed by atoms with Crippen molar-refractivity contribution >= 4 is 13.7 Å². The van der Waals surface area contributed by atoms with Gasteiger partial charge in [0.15, 0.2) is 11.9 Å². The Hall–Kier alpha value is -2.83. The molecule has 36 heavy (non-hydrogen) atoms. The Bertz CT molecular complexity index is 1220. The number of rotatable bonds is 10. The standard InChI is InChI=1S/C22H29FN3O9P/c1-13(2)33-19(29)14(3)25-36(31,35-15-8-6-5-7-9-15)32-12-16-18(28)22(4,23)20(34-16)26-11-10-17(27)24-21(26)30/h5-11,13-14,16,18,20,28H,12H2,1-4H3,(H,25,31)(H,24,27,30)/t14-,16+,18+,20+,22+,36+/m0/s1. The van der Waals surface area contributed by atoms with Crippen LogP contribution >= 0.6 is 7.75 Å². The number of aliphatic hydroxyl groups is 1. The maximum atomic E-state index is 15.4. The average molecular weight is 529 g/mol. The lowest BCUT2D eigenvalue weighted by atomic mass is 9.98. The molecule has 2 heterocycles. The number of H-pyrrole nitrogens is 1. The quantitative estimate of drug-likeness (QED) is 0.305. The number of esters is 1. The molecular weight excluding hydrogens is 500 g/mol. The number of aromatic nitrogens is 2. The minimum Gasteiger partial charge on any atom is -0.462 e. The molecule has 198 valence electrons. The summed E-state index contributed by atoms with van der Waals surface area (Å²) in [6, 6.07) is 7.86. The number of hydrogen-bond donors (Lipinski definition) is 3. The average Bonchev–Trinajstić information content (AvgIpc) is 3.01. The predicted octanol–water partition coefficient (Wildman–Crippen LogP) is 1.66. The van der Waals surface area contributed by atoms with Gasteiger partial charge in [0.05, 0.1) is 12.7 Å². The molecule has 1 aliphatic rings. The van der Waals surface area contributed by atoms with Crippen molar-refractivity contribution in [1.82, 2.24) is 14.6 Å². The predicted molar refractivity (Wildman–Crippen MR) is 125 cm³/mol. The van der Waals surface area contributed by atoms with Crippen LogP contribution in [0.2, 0.25) is 0 Å². The van der Waals surface area contributed by atoms with E-state index in [1.807, 2.05) is 4.98 Å². The largest absolute Gasteiger partial charge is 0.462 e. The summed E-state index contributed by atoms with van der Waals surface area (Å²) in [6.07, 6.45) is -4.21. The molecular formula is C22H29FN3O9P. The zero-order valence-corrected chi connectivity index (χ0v) is 21.0. The zero-order chi connectivity index (χ0) is 26.7. The first kappa shape index (κ1) is 27.8. The van der Waals surface area contributed by atoms with Crippen LogP contribution in [0.4, 0.5) is 4.39 Å². The van der Waals surface area contributed by atoms with Crippen molar-refractivity contribution in [3.63, 3.8) is 0 Å². The van der Waals surface area contributed by atoms with Crippen LogP contribution in [0.1, 0.15) is 33.9 Å². The fourth-order valence-electron chi connectivity index (χ4n) is 3.47. The molecule has 14 heteroatoms. The second-order valence-corrected chi connectivity index (χ2v) is 10.4. The highest BCUT2D eigenvalue weighted by molar-refractivity contribution is 7.52. The van der Waals surface area contributed by atoms with Crippen molar-refractivity contribution in [3.8, 4) is 5.75 Å². The van der Waals surface area contributed by atoms with Gasteiger partial charge in [-0.15, -0.1) is 0 Å². The summed E-state index contributed by atoms with van der Waals surface area (Å²) in [5, 5.41) is 13.0. The molecule has 0 aliphatic carbocycles. The molecule has 0 radical (unpaired) electrons. The van der Waals surface area contributed by atoms with Gasteiger partial charge in [-0.25, -0.2) is 13.8 Å². The van der Waals surface area contributed by atoms with Crippen LogP contribution in [0.25, 0.3) is 0 Å². The number of carbonyl (C=O) groups excluding carboxylic acids is 1. The van der Waals surface area contributed by atoms with E-state index in [0.717, 1.165) is 23.8 Å². The van der Waals surface area contributed by atoms with Crippen LogP contribution in [-0.4, -0.2) is 57.3 Å². The molecule has 1 saturated heterocycles. The highest BCUT2D eigenvalue weighted by Crippen LogP contribution is 2.47. The van der Waals surface area contributed by atoms with E-state index in [2.05, 4.69) is 5.09 Å². The molecule has 1 aromatic heterocycles. The molecule has 1 aromatic carbocycles. The Kier molecular flexibility index (Phi) is 8.52. The van der Waals surface area contributed by atoms with Crippen molar-refractivity contribution in [3.05, 3.63) is 63.4 Å². The summed E-state index contributed by atoms with van der Waals surface area (Å²) in [5.41, 5.74) is -4.12. The number of nitrogens with zero attached hydrogens (tertiary/aromatic N) is 1. The molecule has 12 nitrogen and oxygen atoms in total. The molecule has 0 bridgehead atoms. The first-order chi connectivity index (χ1) is 16.8. The summed E-state index contributed by atoms with van der Waals surface area (Å²) in [6.45, 7) is 5.07. The van der Waals surface area contributed by atoms with Crippen molar-refractivity contribution in [1.29, 1.82) is 0 Å². The third kappa shape index (κ3) is 6.48. The van der Waals surface area contributed by atoms with Gasteiger partial charge in [0.2, 0.25) is 0 Å². The van der Waals surface area contributed by atoms with E-state index in [9.17, 15) is 24.1 Å². The first-order valence-electron chi connectivity index (χ1n) is 11.1. The first-order valence-corrected chi connectivity index (χ1v) is 12.7. The summed E-state index contributed by atoms with van der Waals surface area (Å²) in [7, 11) is -4.30. The third-order valence-electron chi connectivity index (χ3n) is 5.26. The molecule has 0 amide bonds. The molecule has 2 aromatic rings. The molecule has 3 rings (SSSR count). The minimum atomic E-state index is -4.30. The van der Waals surface area contributed by atoms with Crippen LogP contribution in [0.5, 0.6) is 5.75 Å². The lowest BCUT2D eigenvalue weighted by Gasteiger charge is -2.25. The van der Waals surface area contributed by atoms with E-state index < -0.39 is 67.8 Å². The van der Waals surface area contributed by atoms with Crippen molar-refractivity contribution in [2.24, 2.45) is 0 Å². The lowest BCUT2D eigenvalue weighted by Crippen LogP contribution is -2.43. The number of alkyl halides is 1. The van der Waals surface area contributed by atoms with Gasteiger partial charge >= 0.3 is 19.4 Å². The molecule has 0 saturated carbocycles. The van der Waals surface area contributed by atoms with E-state index in [-0.39, 0.29) is 5.75 Å². The molecule has 6 atom stereocenters. The normalized spacial score (nSPS) is 26.4. The Labute approximate surface area is 205 Å². The Morgan fingerprint density at radius 3 is 2.56 bits per heavy atom. The van der Waals surface area contributed by atoms with E-state index in [1.165, 1.54) is 19.1 Å². The molecule has 0 spiro atoms. The van der Waals surface area contributed by atoms with Crippen LogP contribution in [0.3, 0.4) is 0 Å². The number of halogens is 1. The van der Waals surface area contributed by atoms with E-state index in [4.69, 9.17) is 18.5 Å². The van der Waals surface area contributed by atoms with Gasteiger partial charge in [0, 0.05) is 12.3 Å². The summed E-state index contributed by atoms with van der Waals surface area (Å²) >= 11 is 0. The third-order valence-corrected chi connectivity index (χ3v) is 6.90. The Balaban J connectivity index is 1.80. The summed E-state index contributed by atoms with van der Waals surface area (Å²) in [5.74, 6) is -0.560. The summed E-state index contributed by atoms with van der Waals surface area (Å²) in [4.78, 5) is 37.7. The number of benzene rings is 1. The monoisotopic (exact) mass is 529 g/mol. The topological polar surface area (TPSA) is 158 Å². The molecule has 0 unspecified atom stereocenters. The maximum absolute atomic E-state index is 15.4. The number of aromatic amines is 1. The highest BCUT2D eigenvalue weighted by atomic mass is 31.2. The Morgan fingerprint density at radius 1 is 1.28 bits per heavy atom.